The Labute approximate surface area is 161 Å². The molecule has 0 aliphatic heterocycles. The summed E-state index contributed by atoms with van der Waals surface area (Å²) in [4.78, 5) is 8.35. The Morgan fingerprint density at radius 1 is 0.846 bits per heavy atom. The molecule has 0 bridgehead atoms. The number of rotatable bonds is 2. The van der Waals surface area contributed by atoms with Crippen LogP contribution in [-0.4, -0.2) is 15.1 Å². The van der Waals surface area contributed by atoms with Crippen LogP contribution in [0.25, 0.3) is 27.9 Å². The monoisotopic (exact) mass is 382 g/mol. The lowest BCUT2D eigenvalue weighted by atomic mass is 10.1. The largest absolute Gasteiger partial charge is 0.392 e. The minimum Gasteiger partial charge on any atom is -0.392 e. The number of pyridine rings is 2. The van der Waals surface area contributed by atoms with Crippen LogP contribution in [0.4, 0.5) is 0 Å². The molecule has 130 valence electrons. The highest BCUT2D eigenvalue weighted by Gasteiger charge is 2.00. The molecule has 2 aromatic carbocycles. The molecule has 3 nitrogen and oxygen atoms in total. The van der Waals surface area contributed by atoms with E-state index in [-0.39, 0.29) is 6.61 Å². The van der Waals surface area contributed by atoms with Gasteiger partial charge in [0.15, 0.2) is 0 Å². The molecule has 2 heterocycles. The first-order valence-electron chi connectivity index (χ1n) is 7.93. The van der Waals surface area contributed by atoms with E-state index >= 15 is 0 Å². The van der Waals surface area contributed by atoms with Crippen LogP contribution in [0.15, 0.2) is 67.5 Å². The maximum atomic E-state index is 8.92. The molecular formula is C21H16Cl2N2O. The lowest BCUT2D eigenvalue weighted by Crippen LogP contribution is -1.85. The van der Waals surface area contributed by atoms with E-state index in [4.69, 9.17) is 28.3 Å². The first-order valence-corrected chi connectivity index (χ1v) is 8.68. The van der Waals surface area contributed by atoms with Crippen molar-refractivity contribution in [1.82, 2.24) is 9.97 Å². The van der Waals surface area contributed by atoms with Crippen molar-refractivity contribution in [1.29, 1.82) is 0 Å². The van der Waals surface area contributed by atoms with E-state index in [9.17, 15) is 0 Å². The molecule has 0 atom stereocenters. The highest BCUT2D eigenvalue weighted by molar-refractivity contribution is 6.35. The third kappa shape index (κ3) is 4.02. The van der Waals surface area contributed by atoms with Crippen LogP contribution < -0.4 is 0 Å². The van der Waals surface area contributed by atoms with Crippen molar-refractivity contribution in [3.05, 3.63) is 88.7 Å². The van der Waals surface area contributed by atoms with Crippen molar-refractivity contribution in [2.24, 2.45) is 0 Å². The Bertz CT molecular complexity index is 1080. The van der Waals surface area contributed by atoms with Crippen molar-refractivity contribution in [3.8, 4) is 0 Å². The number of benzene rings is 2. The maximum absolute atomic E-state index is 8.92. The predicted octanol–water partition coefficient (Wildman–Crippen LogP) is 5.91. The maximum Gasteiger partial charge on any atom is 0.0717 e. The first-order chi connectivity index (χ1) is 12.6. The van der Waals surface area contributed by atoms with E-state index in [0.29, 0.717) is 5.02 Å². The Morgan fingerprint density at radius 2 is 1.42 bits per heavy atom. The fourth-order valence-corrected chi connectivity index (χ4v) is 2.93. The van der Waals surface area contributed by atoms with Gasteiger partial charge in [-0.1, -0.05) is 48.0 Å². The highest BCUT2D eigenvalue weighted by Crippen LogP contribution is 2.23. The molecule has 0 unspecified atom stereocenters. The smallest absolute Gasteiger partial charge is 0.0717 e. The van der Waals surface area contributed by atoms with Crippen molar-refractivity contribution < 1.29 is 5.11 Å². The number of aliphatic hydroxyl groups excluding tert-OH is 1. The molecule has 26 heavy (non-hydrogen) atoms. The lowest BCUT2D eigenvalue weighted by molar-refractivity contribution is 0.282. The normalized spacial score (nSPS) is 10.4. The summed E-state index contributed by atoms with van der Waals surface area (Å²) in [6, 6.07) is 15.0. The topological polar surface area (TPSA) is 46.0 Å². The number of aromatic nitrogens is 2. The van der Waals surface area contributed by atoms with Crippen molar-refractivity contribution in [3.63, 3.8) is 0 Å². The fourth-order valence-electron chi connectivity index (χ4n) is 2.52. The van der Waals surface area contributed by atoms with Gasteiger partial charge in [-0.25, -0.2) is 0 Å². The molecular weight excluding hydrogens is 367 g/mol. The summed E-state index contributed by atoms with van der Waals surface area (Å²) >= 11 is 12.0. The van der Waals surface area contributed by atoms with Crippen LogP contribution in [0.2, 0.25) is 10.0 Å². The van der Waals surface area contributed by atoms with Gasteiger partial charge in [-0.05, 0) is 47.5 Å². The minimum absolute atomic E-state index is 0.0289. The predicted molar refractivity (Wildman–Crippen MR) is 110 cm³/mol. The molecule has 2 aromatic heterocycles. The van der Waals surface area contributed by atoms with Crippen LogP contribution in [0.3, 0.4) is 0 Å². The van der Waals surface area contributed by atoms with Crippen molar-refractivity contribution in [2.75, 3.05) is 0 Å². The number of hydrogen-bond donors (Lipinski definition) is 1. The van der Waals surface area contributed by atoms with Crippen molar-refractivity contribution >= 4 is 51.1 Å². The van der Waals surface area contributed by atoms with Crippen LogP contribution >= 0.6 is 23.2 Å². The summed E-state index contributed by atoms with van der Waals surface area (Å²) in [7, 11) is 0. The van der Waals surface area contributed by atoms with Gasteiger partial charge in [0.25, 0.3) is 0 Å². The van der Waals surface area contributed by atoms with E-state index in [0.717, 1.165) is 38.0 Å². The number of halogens is 2. The minimum atomic E-state index is 0.0289. The lowest BCUT2D eigenvalue weighted by Gasteiger charge is -2.01. The van der Waals surface area contributed by atoms with Gasteiger partial charge in [-0.3, -0.25) is 9.97 Å². The molecule has 4 rings (SSSR count). The molecule has 1 N–H and O–H groups in total. The second kappa shape index (κ2) is 8.28. The van der Waals surface area contributed by atoms with E-state index in [2.05, 4.69) is 16.5 Å². The molecule has 0 saturated heterocycles. The average Bonchev–Trinajstić information content (AvgIpc) is 2.69. The first kappa shape index (κ1) is 18.3. The van der Waals surface area contributed by atoms with Gasteiger partial charge in [0.1, 0.15) is 0 Å². The molecule has 0 saturated carbocycles. The van der Waals surface area contributed by atoms with Crippen molar-refractivity contribution in [2.45, 2.75) is 6.61 Å². The Morgan fingerprint density at radius 3 is 2.00 bits per heavy atom. The van der Waals surface area contributed by atoms with E-state index in [1.807, 2.05) is 36.4 Å². The number of hydrogen-bond acceptors (Lipinski definition) is 3. The summed E-state index contributed by atoms with van der Waals surface area (Å²) in [6.45, 7) is 3.73. The van der Waals surface area contributed by atoms with Gasteiger partial charge in [0, 0.05) is 23.2 Å². The Kier molecular flexibility index (Phi) is 5.84. The average molecular weight is 383 g/mol. The zero-order chi connectivity index (χ0) is 18.5. The highest BCUT2D eigenvalue weighted by atomic mass is 35.5. The zero-order valence-corrected chi connectivity index (χ0v) is 15.4. The summed E-state index contributed by atoms with van der Waals surface area (Å²) in [5.74, 6) is 0. The fraction of sp³-hybridized carbons (Fsp3) is 0.0476. The standard InChI is InChI=1S/C11H8ClN.C10H8ClNO/c1-2-8-3-4-11-9(7-8)10(12)5-6-13-11;11-9-3-4-12-10-2-1-7(6-13)5-8(9)10/h2-7H,1H2;1-5,13H,6H2. The number of aliphatic hydroxyl groups is 1. The summed E-state index contributed by atoms with van der Waals surface area (Å²) < 4.78 is 0. The van der Waals surface area contributed by atoms with Gasteiger partial charge in [-0.2, -0.15) is 0 Å². The SMILES string of the molecule is C=Cc1ccc2nccc(Cl)c2c1.OCc1ccc2nccc(Cl)c2c1. The molecule has 0 spiro atoms. The van der Waals surface area contributed by atoms with E-state index in [1.165, 1.54) is 0 Å². The van der Waals surface area contributed by atoms with Crippen LogP contribution in [0.5, 0.6) is 0 Å². The second-order valence-electron chi connectivity index (χ2n) is 5.58. The third-order valence-corrected chi connectivity index (χ3v) is 4.54. The Balaban J connectivity index is 0.000000151. The molecule has 0 fully saturated rings. The van der Waals surface area contributed by atoms with E-state index < -0.39 is 0 Å². The molecule has 0 aliphatic rings. The molecule has 0 radical (unpaired) electrons. The summed E-state index contributed by atoms with van der Waals surface area (Å²) in [5, 5.41) is 12.2. The third-order valence-electron chi connectivity index (χ3n) is 3.88. The quantitative estimate of drug-likeness (QED) is 0.468. The van der Waals surface area contributed by atoms with Crippen LogP contribution in [0, 0.1) is 0 Å². The molecule has 5 heteroatoms. The van der Waals surface area contributed by atoms with Gasteiger partial charge >= 0.3 is 0 Å². The van der Waals surface area contributed by atoms with Gasteiger partial charge in [0.05, 0.1) is 27.7 Å². The zero-order valence-electron chi connectivity index (χ0n) is 13.9. The van der Waals surface area contributed by atoms with Gasteiger partial charge in [0.2, 0.25) is 0 Å². The molecule has 0 aliphatic carbocycles. The van der Waals surface area contributed by atoms with Crippen LogP contribution in [-0.2, 0) is 6.61 Å². The molecule has 0 amide bonds. The number of nitrogens with zero attached hydrogens (tertiary/aromatic N) is 2. The number of fused-ring (bicyclic) bond motifs is 2. The summed E-state index contributed by atoms with van der Waals surface area (Å²) in [5.41, 5.74) is 3.67. The molecule has 4 aromatic rings. The second-order valence-corrected chi connectivity index (χ2v) is 6.39. The van der Waals surface area contributed by atoms with E-state index in [1.54, 1.807) is 30.6 Å². The van der Waals surface area contributed by atoms with Crippen LogP contribution in [0.1, 0.15) is 11.1 Å². The van der Waals surface area contributed by atoms with Gasteiger partial charge in [-0.15, -0.1) is 0 Å². The van der Waals surface area contributed by atoms with Gasteiger partial charge < -0.3 is 5.11 Å². The summed E-state index contributed by atoms with van der Waals surface area (Å²) in [6.07, 6.45) is 5.17. The Hall–Kier alpha value is -2.46.